The summed E-state index contributed by atoms with van der Waals surface area (Å²) in [4.78, 5) is 29.5. The largest absolute Gasteiger partial charge is 0.450 e. The molecule has 0 bridgehead atoms. The van der Waals surface area contributed by atoms with Gasteiger partial charge in [0.1, 0.15) is 5.60 Å². The zero-order chi connectivity index (χ0) is 19.1. The van der Waals surface area contributed by atoms with E-state index in [4.69, 9.17) is 9.47 Å². The average molecular weight is 364 g/mol. The lowest BCUT2D eigenvalue weighted by Gasteiger charge is -2.24. The van der Waals surface area contributed by atoms with E-state index >= 15 is 0 Å². The molecule has 0 spiro atoms. The second-order valence-electron chi connectivity index (χ2n) is 8.32. The maximum atomic E-state index is 12.9. The van der Waals surface area contributed by atoms with E-state index in [9.17, 15) is 14.8 Å². The molecule has 1 aliphatic carbocycles. The molecule has 0 aromatic rings. The summed E-state index contributed by atoms with van der Waals surface area (Å²) in [6.07, 6.45) is 6.15. The van der Waals surface area contributed by atoms with E-state index in [1.54, 1.807) is 0 Å². The van der Waals surface area contributed by atoms with Crippen molar-refractivity contribution in [2.45, 2.75) is 76.3 Å². The Morgan fingerprint density at radius 1 is 1.35 bits per heavy atom. The molecule has 6 nitrogen and oxygen atoms in total. The molecule has 1 N–H and O–H groups in total. The van der Waals surface area contributed by atoms with E-state index in [0.717, 1.165) is 0 Å². The standard InChI is InChI=1S/C20H28O6/c1-12-7-5-8-19(3,26-23)9-6-10-20(4)15(25-20)11-14-13(2)18(22)24-17(14)16(12)21/h6,9,12,14-15,17,23H,2,5,7-8,10-11H2,1,3-4H3. The Bertz CT molecular complexity index is 640. The molecule has 144 valence electrons. The summed E-state index contributed by atoms with van der Waals surface area (Å²) in [7, 11) is 0. The highest BCUT2D eigenvalue weighted by molar-refractivity contribution is 5.98. The first kappa shape index (κ1) is 19.3. The third kappa shape index (κ3) is 3.63. The predicted octanol–water partition coefficient (Wildman–Crippen LogP) is 3.22. The molecule has 26 heavy (non-hydrogen) atoms. The molecule has 2 heterocycles. The molecule has 0 aromatic heterocycles. The number of ketones is 1. The van der Waals surface area contributed by atoms with Gasteiger partial charge in [0, 0.05) is 17.4 Å². The lowest BCUT2D eigenvalue weighted by molar-refractivity contribution is -0.304. The molecule has 6 heteroatoms. The third-order valence-corrected chi connectivity index (χ3v) is 6.09. The fourth-order valence-corrected chi connectivity index (χ4v) is 4.01. The maximum Gasteiger partial charge on any atom is 0.334 e. The molecule has 2 aliphatic heterocycles. The van der Waals surface area contributed by atoms with Gasteiger partial charge < -0.3 is 9.47 Å². The van der Waals surface area contributed by atoms with Gasteiger partial charge in [-0.2, -0.15) is 0 Å². The average Bonchev–Trinajstić information content (AvgIpc) is 3.15. The molecular weight excluding hydrogens is 336 g/mol. The van der Waals surface area contributed by atoms with Gasteiger partial charge in [-0.15, -0.1) is 0 Å². The summed E-state index contributed by atoms with van der Waals surface area (Å²) in [6, 6.07) is 0. The van der Waals surface area contributed by atoms with Gasteiger partial charge in [0.15, 0.2) is 11.9 Å². The van der Waals surface area contributed by atoms with Gasteiger partial charge in [-0.1, -0.05) is 25.7 Å². The van der Waals surface area contributed by atoms with Crippen molar-refractivity contribution in [3.05, 3.63) is 24.3 Å². The molecule has 2 saturated heterocycles. The number of esters is 1. The molecule has 0 saturated carbocycles. The Labute approximate surface area is 154 Å². The number of carbonyl (C=O) groups is 2. The van der Waals surface area contributed by atoms with Crippen molar-refractivity contribution >= 4 is 11.8 Å². The van der Waals surface area contributed by atoms with Crippen LogP contribution in [-0.4, -0.2) is 40.4 Å². The smallest absolute Gasteiger partial charge is 0.334 e. The van der Waals surface area contributed by atoms with Crippen LogP contribution in [0.5, 0.6) is 0 Å². The van der Waals surface area contributed by atoms with Crippen LogP contribution in [0.4, 0.5) is 0 Å². The van der Waals surface area contributed by atoms with Crippen molar-refractivity contribution in [2.24, 2.45) is 11.8 Å². The van der Waals surface area contributed by atoms with Crippen LogP contribution in [0.1, 0.15) is 52.9 Å². The number of rotatable bonds is 1. The summed E-state index contributed by atoms with van der Waals surface area (Å²) in [5.41, 5.74) is -0.760. The number of fused-ring (bicyclic) bond motifs is 2. The van der Waals surface area contributed by atoms with Gasteiger partial charge in [0.2, 0.25) is 0 Å². The normalized spacial score (nSPS) is 44.1. The number of Topliss-reactive ketones (excluding diaryl/α,β-unsaturated/α-hetero) is 1. The highest BCUT2D eigenvalue weighted by Gasteiger charge is 2.55. The zero-order valence-corrected chi connectivity index (χ0v) is 15.7. The SMILES string of the molecule is C=C1C(=O)OC2C(=O)C(C)CCCC(C)(OO)C=CCC3(C)OC3CC12. The first-order chi connectivity index (χ1) is 12.2. The lowest BCUT2D eigenvalue weighted by Crippen LogP contribution is -2.33. The van der Waals surface area contributed by atoms with Crippen LogP contribution >= 0.6 is 0 Å². The minimum absolute atomic E-state index is 0.0572. The number of hydrogen-bond acceptors (Lipinski definition) is 6. The lowest BCUT2D eigenvalue weighted by atomic mass is 9.82. The number of ether oxygens (including phenoxy) is 2. The molecule has 3 rings (SSSR count). The van der Waals surface area contributed by atoms with Crippen LogP contribution in [0, 0.1) is 11.8 Å². The number of carbonyl (C=O) groups excluding carboxylic acids is 2. The van der Waals surface area contributed by atoms with Gasteiger partial charge in [-0.25, -0.2) is 9.68 Å². The Kier molecular flexibility index (Phi) is 5.12. The molecule has 6 unspecified atom stereocenters. The van der Waals surface area contributed by atoms with Crippen LogP contribution < -0.4 is 0 Å². The minimum Gasteiger partial charge on any atom is -0.450 e. The van der Waals surface area contributed by atoms with Gasteiger partial charge in [0.25, 0.3) is 0 Å². The summed E-state index contributed by atoms with van der Waals surface area (Å²) in [5, 5.41) is 9.28. The summed E-state index contributed by atoms with van der Waals surface area (Å²) >= 11 is 0. The Morgan fingerprint density at radius 3 is 2.77 bits per heavy atom. The van der Waals surface area contributed by atoms with Gasteiger partial charge in [0.05, 0.1) is 11.7 Å². The summed E-state index contributed by atoms with van der Waals surface area (Å²) in [5.74, 6) is -1.11. The fraction of sp³-hybridized carbons (Fsp3) is 0.700. The van der Waals surface area contributed by atoms with E-state index < -0.39 is 17.7 Å². The third-order valence-electron chi connectivity index (χ3n) is 6.09. The summed E-state index contributed by atoms with van der Waals surface area (Å²) in [6.45, 7) is 9.52. The van der Waals surface area contributed by atoms with Crippen LogP contribution in [0.15, 0.2) is 24.3 Å². The van der Waals surface area contributed by atoms with Crippen LogP contribution in [0.25, 0.3) is 0 Å². The number of epoxide rings is 1. The second-order valence-corrected chi connectivity index (χ2v) is 8.32. The van der Waals surface area contributed by atoms with Crippen molar-refractivity contribution in [2.75, 3.05) is 0 Å². The van der Waals surface area contributed by atoms with Crippen LogP contribution in [-0.2, 0) is 24.0 Å². The second kappa shape index (κ2) is 6.91. The van der Waals surface area contributed by atoms with E-state index in [2.05, 4.69) is 11.5 Å². The van der Waals surface area contributed by atoms with Crippen molar-refractivity contribution < 1.29 is 29.2 Å². The van der Waals surface area contributed by atoms with Crippen LogP contribution in [0.2, 0.25) is 0 Å². The molecule has 0 radical (unpaired) electrons. The first-order valence-corrected chi connectivity index (χ1v) is 9.31. The maximum absolute atomic E-state index is 12.9. The molecule has 0 aromatic carbocycles. The highest BCUT2D eigenvalue weighted by Crippen LogP contribution is 2.47. The zero-order valence-electron chi connectivity index (χ0n) is 15.7. The van der Waals surface area contributed by atoms with E-state index in [0.29, 0.717) is 37.7 Å². The Morgan fingerprint density at radius 2 is 2.08 bits per heavy atom. The van der Waals surface area contributed by atoms with Crippen molar-refractivity contribution in [1.29, 1.82) is 0 Å². The molecular formula is C20H28O6. The minimum atomic E-state index is -0.787. The van der Waals surface area contributed by atoms with Crippen molar-refractivity contribution in [3.63, 3.8) is 0 Å². The van der Waals surface area contributed by atoms with E-state index in [1.807, 2.05) is 32.9 Å². The molecule has 3 aliphatic rings. The molecule has 0 amide bonds. The van der Waals surface area contributed by atoms with E-state index in [-0.39, 0.29) is 29.3 Å². The topological polar surface area (TPSA) is 85.4 Å². The molecule has 6 atom stereocenters. The number of hydrogen-bond donors (Lipinski definition) is 1. The van der Waals surface area contributed by atoms with Crippen LogP contribution in [0.3, 0.4) is 0 Å². The summed E-state index contributed by atoms with van der Waals surface area (Å²) < 4.78 is 11.2. The van der Waals surface area contributed by atoms with Gasteiger partial charge in [-0.3, -0.25) is 10.1 Å². The quantitative estimate of drug-likeness (QED) is 0.192. The van der Waals surface area contributed by atoms with Crippen molar-refractivity contribution in [1.82, 2.24) is 0 Å². The Balaban J connectivity index is 1.84. The van der Waals surface area contributed by atoms with Gasteiger partial charge >= 0.3 is 5.97 Å². The van der Waals surface area contributed by atoms with Crippen molar-refractivity contribution in [3.8, 4) is 0 Å². The monoisotopic (exact) mass is 364 g/mol. The predicted molar refractivity (Wildman–Crippen MR) is 94.3 cm³/mol. The van der Waals surface area contributed by atoms with E-state index in [1.165, 1.54) is 0 Å². The first-order valence-electron chi connectivity index (χ1n) is 9.31. The fourth-order valence-electron chi connectivity index (χ4n) is 4.01. The Hall–Kier alpha value is -1.50. The van der Waals surface area contributed by atoms with Gasteiger partial charge in [-0.05, 0) is 46.0 Å². The highest BCUT2D eigenvalue weighted by atomic mass is 17.1. The molecule has 2 fully saturated rings.